The zero-order valence-corrected chi connectivity index (χ0v) is 12.6. The van der Waals surface area contributed by atoms with Crippen molar-refractivity contribution in [1.29, 1.82) is 0 Å². The largest absolute Gasteiger partial charge is 0.478 e. The highest BCUT2D eigenvalue weighted by Crippen LogP contribution is 2.31. The van der Waals surface area contributed by atoms with Gasteiger partial charge in [0.1, 0.15) is 0 Å². The average Bonchev–Trinajstić information content (AvgIpc) is 2.90. The van der Waals surface area contributed by atoms with Crippen LogP contribution in [0.2, 0.25) is 0 Å². The van der Waals surface area contributed by atoms with Gasteiger partial charge < -0.3 is 10.0 Å². The molecule has 102 valence electrons. The van der Waals surface area contributed by atoms with Gasteiger partial charge in [-0.1, -0.05) is 34.8 Å². The molecule has 0 bridgehead atoms. The molecular weight excluding hydrogens is 306 g/mol. The minimum atomic E-state index is -0.919. The van der Waals surface area contributed by atoms with Gasteiger partial charge in [-0.2, -0.15) is 0 Å². The topological polar surface area (TPSA) is 40.5 Å². The highest BCUT2D eigenvalue weighted by molar-refractivity contribution is 9.10. The maximum Gasteiger partial charge on any atom is 0.328 e. The van der Waals surface area contributed by atoms with Crippen LogP contribution in [0.25, 0.3) is 6.08 Å². The third-order valence-electron chi connectivity index (χ3n) is 3.65. The molecule has 3 nitrogen and oxygen atoms in total. The summed E-state index contributed by atoms with van der Waals surface area (Å²) in [6.45, 7) is 0. The summed E-state index contributed by atoms with van der Waals surface area (Å²) in [5.41, 5.74) is 2.03. The van der Waals surface area contributed by atoms with E-state index in [0.29, 0.717) is 6.04 Å². The molecule has 0 atom stereocenters. The summed E-state index contributed by atoms with van der Waals surface area (Å²) in [7, 11) is 2.09. The van der Waals surface area contributed by atoms with E-state index >= 15 is 0 Å². The highest BCUT2D eigenvalue weighted by Gasteiger charge is 2.21. The lowest BCUT2D eigenvalue weighted by Crippen LogP contribution is -2.29. The van der Waals surface area contributed by atoms with E-state index in [2.05, 4.69) is 33.9 Å². The third kappa shape index (κ3) is 3.60. The quantitative estimate of drug-likeness (QED) is 0.853. The number of benzene rings is 1. The van der Waals surface area contributed by atoms with Crippen LogP contribution < -0.4 is 4.90 Å². The zero-order chi connectivity index (χ0) is 13.8. The average molecular weight is 324 g/mol. The second-order valence-corrected chi connectivity index (χ2v) is 5.84. The number of nitrogens with zero attached hydrogens (tertiary/aromatic N) is 1. The van der Waals surface area contributed by atoms with Crippen LogP contribution in [-0.4, -0.2) is 24.2 Å². The van der Waals surface area contributed by atoms with E-state index in [1.165, 1.54) is 31.8 Å². The van der Waals surface area contributed by atoms with Crippen LogP contribution in [0, 0.1) is 0 Å². The van der Waals surface area contributed by atoms with Gasteiger partial charge in [0.05, 0.1) is 0 Å². The SMILES string of the molecule is CN(c1cc(Br)ccc1/C=C/C(=O)O)C1CCCC1. The predicted octanol–water partition coefficient (Wildman–Crippen LogP) is 3.93. The molecule has 0 heterocycles. The minimum Gasteiger partial charge on any atom is -0.478 e. The van der Waals surface area contributed by atoms with Gasteiger partial charge in [-0.05, 0) is 36.6 Å². The van der Waals surface area contributed by atoms with Gasteiger partial charge in [0, 0.05) is 29.3 Å². The van der Waals surface area contributed by atoms with Crippen molar-refractivity contribution in [2.75, 3.05) is 11.9 Å². The van der Waals surface area contributed by atoms with E-state index in [9.17, 15) is 4.79 Å². The Labute approximate surface area is 122 Å². The number of carboxylic acid groups (broad SMARTS) is 1. The number of aliphatic carboxylic acids is 1. The molecule has 2 rings (SSSR count). The molecule has 1 N–H and O–H groups in total. The van der Waals surface area contributed by atoms with E-state index in [4.69, 9.17) is 5.11 Å². The second-order valence-electron chi connectivity index (χ2n) is 4.92. The monoisotopic (exact) mass is 323 g/mol. The summed E-state index contributed by atoms with van der Waals surface area (Å²) in [6.07, 6.45) is 7.84. The van der Waals surface area contributed by atoms with E-state index < -0.39 is 5.97 Å². The Morgan fingerprint density at radius 1 is 1.42 bits per heavy atom. The van der Waals surface area contributed by atoms with Crippen molar-refractivity contribution in [1.82, 2.24) is 0 Å². The fraction of sp³-hybridized carbons (Fsp3) is 0.400. The van der Waals surface area contributed by atoms with E-state index in [1.54, 1.807) is 6.08 Å². The van der Waals surface area contributed by atoms with Gasteiger partial charge in [0.2, 0.25) is 0 Å². The van der Waals surface area contributed by atoms with E-state index in [0.717, 1.165) is 15.7 Å². The molecule has 0 radical (unpaired) electrons. The number of rotatable bonds is 4. The molecule has 0 aliphatic heterocycles. The Morgan fingerprint density at radius 2 is 2.11 bits per heavy atom. The lowest BCUT2D eigenvalue weighted by molar-refractivity contribution is -0.131. The first-order valence-corrected chi connectivity index (χ1v) is 7.30. The van der Waals surface area contributed by atoms with Gasteiger partial charge >= 0.3 is 5.97 Å². The van der Waals surface area contributed by atoms with Gasteiger partial charge in [0.15, 0.2) is 0 Å². The first-order chi connectivity index (χ1) is 9.08. The number of hydrogen-bond acceptors (Lipinski definition) is 2. The normalized spacial score (nSPS) is 16.1. The fourth-order valence-electron chi connectivity index (χ4n) is 2.61. The van der Waals surface area contributed by atoms with Gasteiger partial charge in [-0.25, -0.2) is 4.79 Å². The molecule has 1 saturated carbocycles. The molecule has 0 saturated heterocycles. The summed E-state index contributed by atoms with van der Waals surface area (Å²) in [4.78, 5) is 12.9. The van der Waals surface area contributed by atoms with E-state index in [1.807, 2.05) is 12.1 Å². The summed E-state index contributed by atoms with van der Waals surface area (Å²) < 4.78 is 1.01. The van der Waals surface area contributed by atoms with Crippen LogP contribution in [0.4, 0.5) is 5.69 Å². The van der Waals surface area contributed by atoms with Crippen molar-refractivity contribution >= 4 is 33.7 Å². The second kappa shape index (κ2) is 6.24. The Bertz CT molecular complexity index is 493. The van der Waals surface area contributed by atoms with Crippen LogP contribution >= 0.6 is 15.9 Å². The maximum atomic E-state index is 10.7. The smallest absolute Gasteiger partial charge is 0.328 e. The Hall–Kier alpha value is -1.29. The predicted molar refractivity (Wildman–Crippen MR) is 81.5 cm³/mol. The van der Waals surface area contributed by atoms with Gasteiger partial charge in [0.25, 0.3) is 0 Å². The summed E-state index contributed by atoms with van der Waals surface area (Å²) in [5, 5.41) is 8.76. The van der Waals surface area contributed by atoms with Crippen molar-refractivity contribution in [2.24, 2.45) is 0 Å². The van der Waals surface area contributed by atoms with Crippen LogP contribution in [0.15, 0.2) is 28.7 Å². The molecule has 1 aliphatic carbocycles. The van der Waals surface area contributed by atoms with Crippen LogP contribution in [0.3, 0.4) is 0 Å². The molecule has 1 aromatic carbocycles. The molecule has 0 amide bonds. The number of anilines is 1. The number of carbonyl (C=O) groups is 1. The standard InChI is InChI=1S/C15H18BrNO2/c1-17(13-4-2-3-5-13)14-10-12(16)8-6-11(14)7-9-15(18)19/h6-10,13H,2-5H2,1H3,(H,18,19)/b9-7+. The van der Waals surface area contributed by atoms with Crippen molar-refractivity contribution in [3.8, 4) is 0 Å². The maximum absolute atomic E-state index is 10.7. The summed E-state index contributed by atoms with van der Waals surface area (Å²) >= 11 is 3.49. The Kier molecular flexibility index (Phi) is 4.64. The molecule has 4 heteroatoms. The molecule has 1 aliphatic rings. The lowest BCUT2D eigenvalue weighted by Gasteiger charge is -2.28. The Morgan fingerprint density at radius 3 is 2.74 bits per heavy atom. The molecular formula is C15H18BrNO2. The third-order valence-corrected chi connectivity index (χ3v) is 4.14. The number of hydrogen-bond donors (Lipinski definition) is 1. The summed E-state index contributed by atoms with van der Waals surface area (Å²) in [6, 6.07) is 6.50. The molecule has 1 aromatic rings. The van der Waals surface area contributed by atoms with Crippen LogP contribution in [-0.2, 0) is 4.79 Å². The van der Waals surface area contributed by atoms with Crippen molar-refractivity contribution in [2.45, 2.75) is 31.7 Å². The Balaban J connectivity index is 2.30. The molecule has 0 unspecified atom stereocenters. The summed E-state index contributed by atoms with van der Waals surface area (Å²) in [5.74, 6) is -0.919. The van der Waals surface area contributed by atoms with Crippen molar-refractivity contribution < 1.29 is 9.90 Å². The number of halogens is 1. The number of carboxylic acids is 1. The van der Waals surface area contributed by atoms with Crippen molar-refractivity contribution in [3.05, 3.63) is 34.3 Å². The van der Waals surface area contributed by atoms with Crippen molar-refractivity contribution in [3.63, 3.8) is 0 Å². The van der Waals surface area contributed by atoms with Gasteiger partial charge in [-0.3, -0.25) is 0 Å². The first kappa shape index (κ1) is 14.1. The minimum absolute atomic E-state index is 0.561. The van der Waals surface area contributed by atoms with Crippen LogP contribution in [0.1, 0.15) is 31.2 Å². The first-order valence-electron chi connectivity index (χ1n) is 6.51. The molecule has 1 fully saturated rings. The highest BCUT2D eigenvalue weighted by atomic mass is 79.9. The van der Waals surface area contributed by atoms with Gasteiger partial charge in [-0.15, -0.1) is 0 Å². The van der Waals surface area contributed by atoms with Crippen LogP contribution in [0.5, 0.6) is 0 Å². The fourth-order valence-corrected chi connectivity index (χ4v) is 2.96. The lowest BCUT2D eigenvalue weighted by atomic mass is 10.1. The molecule has 19 heavy (non-hydrogen) atoms. The molecule has 0 aromatic heterocycles. The zero-order valence-electron chi connectivity index (χ0n) is 11.0. The molecule has 0 spiro atoms. The van der Waals surface area contributed by atoms with E-state index in [-0.39, 0.29) is 0 Å².